The predicted octanol–water partition coefficient (Wildman–Crippen LogP) is 5.26. The highest BCUT2D eigenvalue weighted by Gasteiger charge is 2.42. The summed E-state index contributed by atoms with van der Waals surface area (Å²) >= 11 is 0. The molecule has 0 spiro atoms. The van der Waals surface area contributed by atoms with Gasteiger partial charge < -0.3 is 9.64 Å². The van der Waals surface area contributed by atoms with Gasteiger partial charge in [0.15, 0.2) is 0 Å². The van der Waals surface area contributed by atoms with E-state index in [1.165, 1.54) is 4.90 Å². The van der Waals surface area contributed by atoms with Crippen LogP contribution in [0, 0.1) is 0 Å². The Kier molecular flexibility index (Phi) is 5.60. The first-order chi connectivity index (χ1) is 16.6. The Bertz CT molecular complexity index is 1400. The number of methoxy groups -OCH3 is 1. The molecule has 0 aliphatic carbocycles. The van der Waals surface area contributed by atoms with Crippen LogP contribution in [-0.4, -0.2) is 30.9 Å². The molecule has 0 N–H and O–H groups in total. The molecule has 5 rings (SSSR count). The molecular weight excluding hydrogens is 424 g/mol. The Balaban J connectivity index is 1.63. The molecule has 0 saturated carbocycles. The van der Waals surface area contributed by atoms with Crippen LogP contribution in [0.25, 0.3) is 16.3 Å². The predicted molar refractivity (Wildman–Crippen MR) is 134 cm³/mol. The summed E-state index contributed by atoms with van der Waals surface area (Å²) in [4.78, 5) is 30.9. The number of imide groups is 1. The van der Waals surface area contributed by atoms with Crippen LogP contribution in [0.2, 0.25) is 0 Å². The van der Waals surface area contributed by atoms with Gasteiger partial charge in [-0.3, -0.25) is 9.59 Å². The Morgan fingerprint density at radius 1 is 0.765 bits per heavy atom. The Morgan fingerprint density at radius 2 is 1.44 bits per heavy atom. The molecule has 5 heteroatoms. The highest BCUT2D eigenvalue weighted by atomic mass is 16.5. The Morgan fingerprint density at radius 3 is 2.18 bits per heavy atom. The van der Waals surface area contributed by atoms with Crippen molar-refractivity contribution in [3.05, 3.63) is 114 Å². The molecule has 0 atom stereocenters. The Labute approximate surface area is 198 Å². The van der Waals surface area contributed by atoms with E-state index in [2.05, 4.69) is 0 Å². The molecule has 4 aromatic rings. The molecule has 0 radical (unpaired) electrons. The van der Waals surface area contributed by atoms with Gasteiger partial charge in [-0.1, -0.05) is 78.9 Å². The van der Waals surface area contributed by atoms with Gasteiger partial charge >= 0.3 is 0 Å². The number of anilines is 1. The van der Waals surface area contributed by atoms with Crippen molar-refractivity contribution in [1.82, 2.24) is 4.90 Å². The topological polar surface area (TPSA) is 49.9 Å². The van der Waals surface area contributed by atoms with E-state index >= 15 is 0 Å². The first kappa shape index (κ1) is 21.5. The molecule has 5 nitrogen and oxygen atoms in total. The van der Waals surface area contributed by atoms with Crippen molar-refractivity contribution in [3.63, 3.8) is 0 Å². The summed E-state index contributed by atoms with van der Waals surface area (Å²) < 4.78 is 5.28. The molecular formula is C29H24N2O3. The second-order valence-corrected chi connectivity index (χ2v) is 8.24. The van der Waals surface area contributed by atoms with E-state index in [1.807, 2.05) is 96.9 Å². The SMILES string of the molecule is COc1ccc(C2=C(N(C)Cc3ccccc3)C(=O)N(c3cccc4ccccc34)C2=O)cc1. The molecule has 0 saturated heterocycles. The molecule has 4 aromatic carbocycles. The van der Waals surface area contributed by atoms with Gasteiger partial charge in [0, 0.05) is 19.0 Å². The molecule has 168 valence electrons. The van der Waals surface area contributed by atoms with Crippen molar-refractivity contribution in [1.29, 1.82) is 0 Å². The van der Waals surface area contributed by atoms with Crippen LogP contribution in [-0.2, 0) is 16.1 Å². The van der Waals surface area contributed by atoms with Crippen molar-refractivity contribution in [3.8, 4) is 5.75 Å². The van der Waals surface area contributed by atoms with Gasteiger partial charge in [0.2, 0.25) is 0 Å². The van der Waals surface area contributed by atoms with E-state index in [-0.39, 0.29) is 11.8 Å². The van der Waals surface area contributed by atoms with Crippen molar-refractivity contribution in [2.45, 2.75) is 6.54 Å². The average molecular weight is 449 g/mol. The maximum absolute atomic E-state index is 13.9. The van der Waals surface area contributed by atoms with Gasteiger partial charge in [0.1, 0.15) is 11.4 Å². The summed E-state index contributed by atoms with van der Waals surface area (Å²) in [5.74, 6) is 0.0262. The largest absolute Gasteiger partial charge is 0.497 e. The smallest absolute Gasteiger partial charge is 0.282 e. The lowest BCUT2D eigenvalue weighted by molar-refractivity contribution is -0.120. The van der Waals surface area contributed by atoms with Crippen LogP contribution in [0.1, 0.15) is 11.1 Å². The number of ether oxygens (including phenoxy) is 1. The number of amides is 2. The van der Waals surface area contributed by atoms with Gasteiger partial charge in [-0.25, -0.2) is 4.90 Å². The molecule has 0 aromatic heterocycles. The first-order valence-electron chi connectivity index (χ1n) is 11.1. The number of nitrogens with zero attached hydrogens (tertiary/aromatic N) is 2. The summed E-state index contributed by atoms with van der Waals surface area (Å²) in [6.07, 6.45) is 0. The fourth-order valence-corrected chi connectivity index (χ4v) is 4.45. The molecule has 1 aliphatic heterocycles. The van der Waals surface area contributed by atoms with Crippen LogP contribution in [0.4, 0.5) is 5.69 Å². The number of carbonyl (C=O) groups is 2. The van der Waals surface area contributed by atoms with Crippen LogP contribution in [0.5, 0.6) is 5.75 Å². The lowest BCUT2D eigenvalue weighted by Crippen LogP contribution is -2.34. The number of rotatable bonds is 6. The minimum atomic E-state index is -0.332. The number of likely N-dealkylation sites (N-methyl/N-ethyl adjacent to an activating group) is 1. The highest BCUT2D eigenvalue weighted by molar-refractivity contribution is 6.46. The summed E-state index contributed by atoms with van der Waals surface area (Å²) in [6, 6.07) is 30.6. The van der Waals surface area contributed by atoms with Crippen molar-refractivity contribution >= 4 is 33.8 Å². The molecule has 1 aliphatic rings. The van der Waals surface area contributed by atoms with E-state index in [9.17, 15) is 9.59 Å². The van der Waals surface area contributed by atoms with E-state index < -0.39 is 0 Å². The lowest BCUT2D eigenvalue weighted by atomic mass is 10.0. The van der Waals surface area contributed by atoms with Crippen molar-refractivity contribution in [2.75, 3.05) is 19.1 Å². The summed E-state index contributed by atoms with van der Waals surface area (Å²) in [5.41, 5.74) is 3.08. The van der Waals surface area contributed by atoms with Gasteiger partial charge in [0.05, 0.1) is 18.4 Å². The molecule has 34 heavy (non-hydrogen) atoms. The van der Waals surface area contributed by atoms with Crippen LogP contribution < -0.4 is 9.64 Å². The normalized spacial score (nSPS) is 13.6. The monoisotopic (exact) mass is 448 g/mol. The van der Waals surface area contributed by atoms with Gasteiger partial charge in [-0.05, 0) is 34.7 Å². The van der Waals surface area contributed by atoms with Crippen LogP contribution >= 0.6 is 0 Å². The van der Waals surface area contributed by atoms with Gasteiger partial charge in [0.25, 0.3) is 11.8 Å². The van der Waals surface area contributed by atoms with Crippen LogP contribution in [0.15, 0.2) is 103 Å². The first-order valence-corrected chi connectivity index (χ1v) is 11.1. The fourth-order valence-electron chi connectivity index (χ4n) is 4.45. The van der Waals surface area contributed by atoms with E-state index in [0.29, 0.717) is 34.8 Å². The zero-order valence-corrected chi connectivity index (χ0v) is 19.1. The number of hydrogen-bond donors (Lipinski definition) is 0. The Hall–Kier alpha value is -4.38. The minimum absolute atomic E-state index is 0.328. The second kappa shape index (κ2) is 8.87. The van der Waals surface area contributed by atoms with E-state index in [4.69, 9.17) is 4.74 Å². The van der Waals surface area contributed by atoms with Gasteiger partial charge in [-0.2, -0.15) is 0 Å². The standard InChI is InChI=1S/C29H24N2O3/c1-30(19-20-9-4-3-5-10-20)27-26(22-15-17-23(34-2)18-16-22)28(32)31(29(27)33)25-14-8-12-21-11-6-7-13-24(21)25/h3-18H,19H2,1-2H3. The maximum Gasteiger partial charge on any atom is 0.282 e. The molecule has 0 fully saturated rings. The third-order valence-electron chi connectivity index (χ3n) is 6.09. The van der Waals surface area contributed by atoms with Gasteiger partial charge in [-0.15, -0.1) is 0 Å². The number of hydrogen-bond acceptors (Lipinski definition) is 4. The number of benzene rings is 4. The zero-order chi connectivity index (χ0) is 23.7. The highest BCUT2D eigenvalue weighted by Crippen LogP contribution is 2.38. The fraction of sp³-hybridized carbons (Fsp3) is 0.103. The summed E-state index contributed by atoms with van der Waals surface area (Å²) in [7, 11) is 3.45. The zero-order valence-electron chi connectivity index (χ0n) is 19.1. The van der Waals surface area contributed by atoms with E-state index in [0.717, 1.165) is 16.3 Å². The third-order valence-corrected chi connectivity index (χ3v) is 6.09. The quantitative estimate of drug-likeness (QED) is 0.377. The molecule has 0 unspecified atom stereocenters. The van der Waals surface area contributed by atoms with Crippen LogP contribution in [0.3, 0.4) is 0 Å². The molecule has 1 heterocycles. The van der Waals surface area contributed by atoms with Crippen molar-refractivity contribution < 1.29 is 14.3 Å². The minimum Gasteiger partial charge on any atom is -0.497 e. The molecule has 2 amide bonds. The summed E-state index contributed by atoms with van der Waals surface area (Å²) in [6.45, 7) is 0.498. The lowest BCUT2D eigenvalue weighted by Gasteiger charge is -2.22. The number of fused-ring (bicyclic) bond motifs is 1. The molecule has 0 bridgehead atoms. The van der Waals surface area contributed by atoms with E-state index in [1.54, 1.807) is 19.2 Å². The third kappa shape index (κ3) is 3.71. The number of carbonyl (C=O) groups excluding carboxylic acids is 2. The van der Waals surface area contributed by atoms with Crippen molar-refractivity contribution in [2.24, 2.45) is 0 Å². The average Bonchev–Trinajstić information content (AvgIpc) is 3.14. The maximum atomic E-state index is 13.9. The summed E-state index contributed by atoms with van der Waals surface area (Å²) in [5, 5.41) is 1.82. The second-order valence-electron chi connectivity index (χ2n) is 8.24.